The molecule has 0 rings (SSSR count). The van der Waals surface area contributed by atoms with E-state index in [4.69, 9.17) is 5.73 Å². The third-order valence-electron chi connectivity index (χ3n) is 0.341. The molecule has 2 N–H and O–H groups in total. The van der Waals surface area contributed by atoms with Crippen LogP contribution < -0.4 is 5.73 Å². The van der Waals surface area contributed by atoms with Crippen LogP contribution in [0.5, 0.6) is 0 Å². The number of thiocarbonyl (C=S) groups is 1. The molecule has 0 saturated carbocycles. The standard InChI is InChI=1S/C3H6FNS/c4-2-1-3(5)6/h1-2H2,(H2,5,6). The molecule has 0 atom stereocenters. The Balaban J connectivity index is 2.83. The summed E-state index contributed by atoms with van der Waals surface area (Å²) in [5.74, 6) is 0. The van der Waals surface area contributed by atoms with Crippen molar-refractivity contribution in [3.05, 3.63) is 0 Å². The molecule has 36 valence electrons. The minimum absolute atomic E-state index is 0.218. The van der Waals surface area contributed by atoms with Gasteiger partial charge in [-0.1, -0.05) is 12.2 Å². The molecule has 0 fully saturated rings. The summed E-state index contributed by atoms with van der Waals surface area (Å²) >= 11 is 4.33. The van der Waals surface area contributed by atoms with Crippen LogP contribution in [-0.2, 0) is 0 Å². The van der Waals surface area contributed by atoms with Crippen LogP contribution in [-0.4, -0.2) is 11.7 Å². The van der Waals surface area contributed by atoms with Gasteiger partial charge in [0.05, 0.1) is 11.7 Å². The molecule has 3 heteroatoms. The molecule has 0 aromatic heterocycles. The van der Waals surface area contributed by atoms with E-state index in [1.807, 2.05) is 0 Å². The maximum atomic E-state index is 11.1. The van der Waals surface area contributed by atoms with E-state index < -0.39 is 6.67 Å². The maximum absolute atomic E-state index is 11.1. The van der Waals surface area contributed by atoms with Crippen molar-refractivity contribution in [2.75, 3.05) is 6.67 Å². The van der Waals surface area contributed by atoms with Gasteiger partial charge in [-0.3, -0.25) is 4.39 Å². The summed E-state index contributed by atoms with van der Waals surface area (Å²) in [6, 6.07) is 0. The average molecular weight is 107 g/mol. The lowest BCUT2D eigenvalue weighted by atomic mass is 10.5. The van der Waals surface area contributed by atoms with Crippen LogP contribution >= 0.6 is 12.2 Å². The molecule has 0 spiro atoms. The highest BCUT2D eigenvalue weighted by molar-refractivity contribution is 7.80. The predicted molar refractivity (Wildman–Crippen MR) is 27.4 cm³/mol. The number of halogens is 1. The van der Waals surface area contributed by atoms with Crippen LogP contribution in [0.3, 0.4) is 0 Å². The van der Waals surface area contributed by atoms with Gasteiger partial charge >= 0.3 is 0 Å². The van der Waals surface area contributed by atoms with Gasteiger partial charge in [0.2, 0.25) is 0 Å². The number of rotatable bonds is 2. The Morgan fingerprint density at radius 1 is 1.83 bits per heavy atom. The molecule has 0 amide bonds. The second-order valence-corrected chi connectivity index (χ2v) is 1.43. The van der Waals surface area contributed by atoms with E-state index in [0.29, 0.717) is 0 Å². The van der Waals surface area contributed by atoms with Gasteiger partial charge in [0.15, 0.2) is 0 Å². The molecule has 0 aromatic rings. The minimum atomic E-state index is -0.435. The lowest BCUT2D eigenvalue weighted by molar-refractivity contribution is 0.509. The van der Waals surface area contributed by atoms with Crippen molar-refractivity contribution in [3.8, 4) is 0 Å². The van der Waals surface area contributed by atoms with E-state index in [1.54, 1.807) is 0 Å². The van der Waals surface area contributed by atoms with E-state index in [0.717, 1.165) is 0 Å². The summed E-state index contributed by atoms with van der Waals surface area (Å²) in [5, 5.41) is 0. The first kappa shape index (κ1) is 5.82. The van der Waals surface area contributed by atoms with Crippen molar-refractivity contribution in [3.63, 3.8) is 0 Å². The topological polar surface area (TPSA) is 26.0 Å². The number of hydrogen-bond donors (Lipinski definition) is 1. The minimum Gasteiger partial charge on any atom is -0.393 e. The normalized spacial score (nSPS) is 8.17. The van der Waals surface area contributed by atoms with Crippen molar-refractivity contribution in [2.45, 2.75) is 6.42 Å². The molecule has 0 heterocycles. The molecular formula is C3H6FNS. The van der Waals surface area contributed by atoms with E-state index >= 15 is 0 Å². The second-order valence-electron chi connectivity index (χ2n) is 0.905. The monoisotopic (exact) mass is 107 g/mol. The summed E-state index contributed by atoms with van der Waals surface area (Å²) in [4.78, 5) is 0.248. The molecular weight excluding hydrogens is 101 g/mol. The molecule has 0 unspecified atom stereocenters. The fourth-order valence-electron chi connectivity index (χ4n) is 0.0931. The van der Waals surface area contributed by atoms with Gasteiger partial charge < -0.3 is 5.73 Å². The Bertz CT molecular complexity index is 54.8. The smallest absolute Gasteiger partial charge is 0.0957 e. The van der Waals surface area contributed by atoms with Crippen LogP contribution in [0.2, 0.25) is 0 Å². The lowest BCUT2D eigenvalue weighted by Crippen LogP contribution is -2.07. The molecule has 0 aliphatic carbocycles. The first-order chi connectivity index (χ1) is 2.77. The molecule has 0 aliphatic heterocycles. The van der Waals surface area contributed by atoms with Gasteiger partial charge in [-0.15, -0.1) is 0 Å². The van der Waals surface area contributed by atoms with Crippen molar-refractivity contribution >= 4 is 17.2 Å². The molecule has 0 aliphatic rings. The van der Waals surface area contributed by atoms with E-state index in [-0.39, 0.29) is 11.4 Å². The Kier molecular flexibility index (Phi) is 2.94. The van der Waals surface area contributed by atoms with Crippen LogP contribution in [0.15, 0.2) is 0 Å². The van der Waals surface area contributed by atoms with Crippen molar-refractivity contribution in [2.24, 2.45) is 5.73 Å². The quantitative estimate of drug-likeness (QED) is 0.524. The van der Waals surface area contributed by atoms with Crippen molar-refractivity contribution in [1.82, 2.24) is 0 Å². The summed E-state index contributed by atoms with van der Waals surface area (Å²) in [5.41, 5.74) is 4.89. The van der Waals surface area contributed by atoms with E-state index in [2.05, 4.69) is 12.2 Å². The first-order valence-electron chi connectivity index (χ1n) is 1.61. The fourth-order valence-corrected chi connectivity index (χ4v) is 0.170. The summed E-state index contributed by atoms with van der Waals surface area (Å²) < 4.78 is 11.1. The van der Waals surface area contributed by atoms with Gasteiger partial charge in [-0.2, -0.15) is 0 Å². The molecule has 6 heavy (non-hydrogen) atoms. The maximum Gasteiger partial charge on any atom is 0.0957 e. The van der Waals surface area contributed by atoms with E-state index in [1.165, 1.54) is 0 Å². The van der Waals surface area contributed by atoms with Gasteiger partial charge in [-0.05, 0) is 0 Å². The molecule has 0 bridgehead atoms. The van der Waals surface area contributed by atoms with Crippen LogP contribution in [0.4, 0.5) is 4.39 Å². The first-order valence-corrected chi connectivity index (χ1v) is 2.02. The Labute approximate surface area is 41.3 Å². The molecule has 1 nitrogen and oxygen atoms in total. The largest absolute Gasteiger partial charge is 0.393 e. The summed E-state index contributed by atoms with van der Waals surface area (Å²) in [6.07, 6.45) is 0.218. The summed E-state index contributed by atoms with van der Waals surface area (Å²) in [6.45, 7) is -0.435. The van der Waals surface area contributed by atoms with Crippen LogP contribution in [0, 0.1) is 0 Å². The highest BCUT2D eigenvalue weighted by Gasteiger charge is 1.82. The number of nitrogens with two attached hydrogens (primary N) is 1. The van der Waals surface area contributed by atoms with Gasteiger partial charge in [-0.25, -0.2) is 0 Å². The zero-order valence-electron chi connectivity index (χ0n) is 3.28. The fraction of sp³-hybridized carbons (Fsp3) is 0.667. The predicted octanol–water partition coefficient (Wildman–Crippen LogP) is 0.632. The lowest BCUT2D eigenvalue weighted by Gasteiger charge is -1.83. The van der Waals surface area contributed by atoms with Crippen molar-refractivity contribution in [1.29, 1.82) is 0 Å². The molecule has 0 aromatic carbocycles. The van der Waals surface area contributed by atoms with Gasteiger partial charge in [0.1, 0.15) is 0 Å². The van der Waals surface area contributed by atoms with Crippen molar-refractivity contribution < 1.29 is 4.39 Å². The van der Waals surface area contributed by atoms with Gasteiger partial charge in [0, 0.05) is 6.42 Å². The second kappa shape index (κ2) is 3.03. The number of alkyl halides is 1. The zero-order chi connectivity index (χ0) is 4.99. The SMILES string of the molecule is NC(=S)CCF. The Morgan fingerprint density at radius 3 is 2.33 bits per heavy atom. The molecule has 0 saturated heterocycles. The highest BCUT2D eigenvalue weighted by Crippen LogP contribution is 1.77. The van der Waals surface area contributed by atoms with Gasteiger partial charge in [0.25, 0.3) is 0 Å². The number of hydrogen-bond acceptors (Lipinski definition) is 1. The van der Waals surface area contributed by atoms with Crippen LogP contribution in [0.1, 0.15) is 6.42 Å². The third kappa shape index (κ3) is 3.82. The van der Waals surface area contributed by atoms with Crippen LogP contribution in [0.25, 0.3) is 0 Å². The Morgan fingerprint density at radius 2 is 2.33 bits per heavy atom. The average Bonchev–Trinajstić information content (AvgIpc) is 1.35. The highest BCUT2D eigenvalue weighted by atomic mass is 32.1. The summed E-state index contributed by atoms with van der Waals surface area (Å²) in [7, 11) is 0. The van der Waals surface area contributed by atoms with E-state index in [9.17, 15) is 4.39 Å². The third-order valence-corrected chi connectivity index (χ3v) is 0.545. The molecule has 0 radical (unpaired) electrons. The zero-order valence-corrected chi connectivity index (χ0v) is 4.09. The Hall–Kier alpha value is -0.180.